The molecule has 0 aliphatic heterocycles. The fourth-order valence-electron chi connectivity index (χ4n) is 1.91. The van der Waals surface area contributed by atoms with E-state index >= 15 is 0 Å². The van der Waals surface area contributed by atoms with Gasteiger partial charge in [0.1, 0.15) is 11.6 Å². The van der Waals surface area contributed by atoms with Gasteiger partial charge in [-0.15, -0.1) is 0 Å². The Hall–Kier alpha value is -1.13. The van der Waals surface area contributed by atoms with Crippen LogP contribution in [0.1, 0.15) is 19.4 Å². The molecular weight excluding hydrogens is 243 g/mol. The summed E-state index contributed by atoms with van der Waals surface area (Å²) in [5, 5.41) is 3.38. The number of hydrogen-bond acceptors (Lipinski definition) is 3. The van der Waals surface area contributed by atoms with E-state index in [1.807, 2.05) is 0 Å². The van der Waals surface area contributed by atoms with Gasteiger partial charge in [0.15, 0.2) is 0 Å². The topological polar surface area (TPSA) is 24.5 Å². The molecule has 0 aliphatic carbocycles. The van der Waals surface area contributed by atoms with Crippen molar-refractivity contribution in [2.24, 2.45) is 0 Å². The van der Waals surface area contributed by atoms with Crippen LogP contribution in [0.25, 0.3) is 0 Å². The first-order chi connectivity index (χ1) is 9.02. The third-order valence-corrected chi connectivity index (χ3v) is 3.05. The number of methoxy groups -OCH3 is 1. The highest BCUT2D eigenvalue weighted by Crippen LogP contribution is 2.19. The number of nitrogens with zero attached hydrogens (tertiary/aromatic N) is 1. The molecule has 3 nitrogen and oxygen atoms in total. The molecule has 108 valence electrons. The van der Waals surface area contributed by atoms with Crippen LogP contribution in [0.4, 0.5) is 4.39 Å². The lowest BCUT2D eigenvalue weighted by atomic mass is 10.1. The summed E-state index contributed by atoms with van der Waals surface area (Å²) < 4.78 is 18.5. The second-order valence-electron chi connectivity index (χ2n) is 5.12. The average molecular weight is 268 g/mol. The monoisotopic (exact) mass is 268 g/mol. The molecule has 1 aromatic rings. The molecule has 0 spiro atoms. The fourth-order valence-corrected chi connectivity index (χ4v) is 1.91. The molecule has 0 aromatic heterocycles. The molecule has 1 rings (SSSR count). The highest BCUT2D eigenvalue weighted by molar-refractivity contribution is 5.34. The molecule has 0 unspecified atom stereocenters. The second-order valence-corrected chi connectivity index (χ2v) is 5.12. The molecule has 0 amide bonds. The van der Waals surface area contributed by atoms with Crippen molar-refractivity contribution in [1.29, 1.82) is 0 Å². The summed E-state index contributed by atoms with van der Waals surface area (Å²) in [5.41, 5.74) is 0.922. The number of halogens is 1. The van der Waals surface area contributed by atoms with Crippen molar-refractivity contribution in [1.82, 2.24) is 10.2 Å². The zero-order chi connectivity index (χ0) is 14.3. The van der Waals surface area contributed by atoms with Gasteiger partial charge in [-0.2, -0.15) is 0 Å². The first-order valence-corrected chi connectivity index (χ1v) is 6.77. The Morgan fingerprint density at radius 1 is 1.32 bits per heavy atom. The van der Waals surface area contributed by atoms with Gasteiger partial charge in [0.2, 0.25) is 0 Å². The van der Waals surface area contributed by atoms with E-state index in [9.17, 15) is 4.39 Å². The van der Waals surface area contributed by atoms with Crippen LogP contribution in [0.2, 0.25) is 0 Å². The van der Waals surface area contributed by atoms with Gasteiger partial charge < -0.3 is 15.0 Å². The highest BCUT2D eigenvalue weighted by Gasteiger charge is 2.06. The maximum Gasteiger partial charge on any atom is 0.123 e. The molecule has 19 heavy (non-hydrogen) atoms. The molecule has 1 N–H and O–H groups in total. The molecule has 0 fully saturated rings. The molecule has 0 radical (unpaired) electrons. The Morgan fingerprint density at radius 2 is 2.05 bits per heavy atom. The largest absolute Gasteiger partial charge is 0.496 e. The number of benzene rings is 1. The minimum absolute atomic E-state index is 0.208. The standard InChI is InChI=1S/C15H25FN2O/c1-12(2)17-8-10-18(3)9-7-13-11-14(16)5-6-15(13)19-4/h5-6,11-12,17H,7-10H2,1-4H3. The highest BCUT2D eigenvalue weighted by atomic mass is 19.1. The van der Waals surface area contributed by atoms with Gasteiger partial charge in [0.25, 0.3) is 0 Å². The first-order valence-electron chi connectivity index (χ1n) is 6.77. The molecule has 0 atom stereocenters. The van der Waals surface area contributed by atoms with Crippen LogP contribution in [-0.4, -0.2) is 44.7 Å². The molecule has 0 saturated heterocycles. The van der Waals surface area contributed by atoms with Crippen molar-refractivity contribution in [2.75, 3.05) is 33.8 Å². The first kappa shape index (κ1) is 15.9. The number of rotatable bonds is 8. The summed E-state index contributed by atoms with van der Waals surface area (Å²) >= 11 is 0. The summed E-state index contributed by atoms with van der Waals surface area (Å²) in [4.78, 5) is 2.24. The molecule has 0 heterocycles. The van der Waals surface area contributed by atoms with Gasteiger partial charge >= 0.3 is 0 Å². The van der Waals surface area contributed by atoms with Crippen LogP contribution in [0.3, 0.4) is 0 Å². The van der Waals surface area contributed by atoms with Crippen LogP contribution >= 0.6 is 0 Å². The van der Waals surface area contributed by atoms with Gasteiger partial charge in [-0.1, -0.05) is 13.8 Å². The van der Waals surface area contributed by atoms with Crippen LogP contribution in [-0.2, 0) is 6.42 Å². The molecule has 0 saturated carbocycles. The van der Waals surface area contributed by atoms with Crippen molar-refractivity contribution in [3.05, 3.63) is 29.6 Å². The van der Waals surface area contributed by atoms with E-state index in [0.29, 0.717) is 6.04 Å². The van der Waals surface area contributed by atoms with E-state index in [-0.39, 0.29) is 5.82 Å². The molecule has 0 aliphatic rings. The number of hydrogen-bond donors (Lipinski definition) is 1. The Balaban J connectivity index is 2.41. The SMILES string of the molecule is COc1ccc(F)cc1CCN(C)CCNC(C)C. The molecule has 4 heteroatoms. The lowest BCUT2D eigenvalue weighted by Gasteiger charge is -2.18. The third kappa shape index (κ3) is 6.03. The average Bonchev–Trinajstić information content (AvgIpc) is 2.36. The van der Waals surface area contributed by atoms with Gasteiger partial charge in [-0.05, 0) is 37.2 Å². The van der Waals surface area contributed by atoms with E-state index in [1.54, 1.807) is 19.2 Å². The summed E-state index contributed by atoms with van der Waals surface area (Å²) in [6.45, 7) is 7.11. The lowest BCUT2D eigenvalue weighted by molar-refractivity contribution is 0.327. The Bertz CT molecular complexity index is 382. The maximum absolute atomic E-state index is 13.2. The van der Waals surface area contributed by atoms with E-state index in [0.717, 1.165) is 37.4 Å². The van der Waals surface area contributed by atoms with Crippen LogP contribution in [0.15, 0.2) is 18.2 Å². The summed E-state index contributed by atoms with van der Waals surface area (Å²) in [7, 11) is 3.70. The van der Waals surface area contributed by atoms with Gasteiger partial charge in [0, 0.05) is 25.7 Å². The Morgan fingerprint density at radius 3 is 2.68 bits per heavy atom. The molecule has 0 bridgehead atoms. The van der Waals surface area contributed by atoms with E-state index in [2.05, 4.69) is 31.1 Å². The van der Waals surface area contributed by atoms with E-state index in [4.69, 9.17) is 4.74 Å². The van der Waals surface area contributed by atoms with Gasteiger partial charge in [-0.25, -0.2) is 4.39 Å². The zero-order valence-electron chi connectivity index (χ0n) is 12.4. The minimum Gasteiger partial charge on any atom is -0.496 e. The Labute approximate surface area is 115 Å². The second kappa shape index (κ2) is 8.12. The van der Waals surface area contributed by atoms with Crippen molar-refractivity contribution < 1.29 is 9.13 Å². The van der Waals surface area contributed by atoms with Crippen molar-refractivity contribution >= 4 is 0 Å². The summed E-state index contributed by atoms with van der Waals surface area (Å²) in [6, 6.07) is 5.18. The van der Waals surface area contributed by atoms with E-state index < -0.39 is 0 Å². The lowest BCUT2D eigenvalue weighted by Crippen LogP contribution is -2.33. The number of ether oxygens (including phenoxy) is 1. The predicted octanol–water partition coefficient (Wildman–Crippen LogP) is 2.31. The Kier molecular flexibility index (Phi) is 6.81. The van der Waals surface area contributed by atoms with Crippen LogP contribution in [0.5, 0.6) is 5.75 Å². The smallest absolute Gasteiger partial charge is 0.123 e. The van der Waals surface area contributed by atoms with Crippen LogP contribution in [0, 0.1) is 5.82 Å². The summed E-state index contributed by atoms with van der Waals surface area (Å²) in [5.74, 6) is 0.551. The van der Waals surface area contributed by atoms with Gasteiger partial charge in [0.05, 0.1) is 7.11 Å². The normalized spacial score (nSPS) is 11.3. The third-order valence-electron chi connectivity index (χ3n) is 3.05. The zero-order valence-corrected chi connectivity index (χ0v) is 12.4. The van der Waals surface area contributed by atoms with E-state index in [1.165, 1.54) is 6.07 Å². The quantitative estimate of drug-likeness (QED) is 0.783. The van der Waals surface area contributed by atoms with Crippen molar-refractivity contribution in [3.8, 4) is 5.75 Å². The molecule has 1 aromatic carbocycles. The van der Waals surface area contributed by atoms with Crippen LogP contribution < -0.4 is 10.1 Å². The molecular formula is C15H25FN2O. The minimum atomic E-state index is -0.208. The fraction of sp³-hybridized carbons (Fsp3) is 0.600. The van der Waals surface area contributed by atoms with Crippen molar-refractivity contribution in [2.45, 2.75) is 26.3 Å². The summed E-state index contributed by atoms with van der Waals surface area (Å²) in [6.07, 6.45) is 0.791. The number of nitrogens with one attached hydrogen (secondary N) is 1. The van der Waals surface area contributed by atoms with Crippen molar-refractivity contribution in [3.63, 3.8) is 0 Å². The predicted molar refractivity (Wildman–Crippen MR) is 77.3 cm³/mol. The number of likely N-dealkylation sites (N-methyl/N-ethyl adjacent to an activating group) is 1. The maximum atomic E-state index is 13.2. The van der Waals surface area contributed by atoms with Gasteiger partial charge in [-0.3, -0.25) is 0 Å².